The summed E-state index contributed by atoms with van der Waals surface area (Å²) in [5.74, 6) is -2.00. The van der Waals surface area contributed by atoms with E-state index in [1.165, 1.54) is 193 Å². The third-order valence-electron chi connectivity index (χ3n) is 16.2. The van der Waals surface area contributed by atoms with Crippen LogP contribution in [-0.4, -0.2) is 87.4 Å². The van der Waals surface area contributed by atoms with Crippen LogP contribution in [0.15, 0.2) is 122 Å². The van der Waals surface area contributed by atoms with Crippen LogP contribution in [0.2, 0.25) is 0 Å². The molecule has 0 amide bonds. The molecule has 2 atom stereocenters. The second kappa shape index (κ2) is 71.5. The van der Waals surface area contributed by atoms with Gasteiger partial charge < -0.3 is 28.5 Å². The van der Waals surface area contributed by atoms with Gasteiger partial charge in [0.15, 0.2) is 6.10 Å². The first-order valence-corrected chi connectivity index (χ1v) is 37.7. The molecule has 522 valence electrons. The van der Waals surface area contributed by atoms with E-state index in [0.29, 0.717) is 17.4 Å². The monoisotopic (exact) mass is 1270 g/mol. The maximum absolute atomic E-state index is 13.0. The lowest BCUT2D eigenvalue weighted by Crippen LogP contribution is -2.40. The average molecular weight is 1270 g/mol. The number of allylic oxidation sites excluding steroid dienone is 20. The molecular weight excluding hydrogens is 1130 g/mol. The highest BCUT2D eigenvalue weighted by molar-refractivity contribution is 5.71. The topological polar surface area (TPSA) is 108 Å². The van der Waals surface area contributed by atoms with Crippen molar-refractivity contribution >= 4 is 17.9 Å². The molecule has 0 aromatic carbocycles. The number of hydrogen-bond acceptors (Lipinski definition) is 7. The van der Waals surface area contributed by atoms with E-state index in [2.05, 4.69) is 135 Å². The highest BCUT2D eigenvalue weighted by Crippen LogP contribution is 2.18. The Morgan fingerprint density at radius 1 is 0.330 bits per heavy atom. The molecule has 1 N–H and O–H groups in total. The van der Waals surface area contributed by atoms with Gasteiger partial charge in [-0.1, -0.05) is 328 Å². The maximum Gasteiger partial charge on any atom is 0.361 e. The Labute approximate surface area is 561 Å². The number of carbonyl (C=O) groups is 3. The molecule has 91 heavy (non-hydrogen) atoms. The van der Waals surface area contributed by atoms with E-state index in [-0.39, 0.29) is 32.2 Å². The largest absolute Gasteiger partial charge is 0.477 e. The number of unbranched alkanes of at least 4 members (excludes halogenated alkanes) is 34. The van der Waals surface area contributed by atoms with Crippen molar-refractivity contribution in [1.82, 2.24) is 0 Å². The molecule has 0 heterocycles. The summed E-state index contributed by atoms with van der Waals surface area (Å²) < 4.78 is 23.0. The Morgan fingerprint density at radius 2 is 0.593 bits per heavy atom. The predicted octanol–water partition coefficient (Wildman–Crippen LogP) is 23.9. The summed E-state index contributed by atoms with van der Waals surface area (Å²) in [6, 6.07) is 0. The molecule has 0 fully saturated rings. The maximum atomic E-state index is 13.0. The van der Waals surface area contributed by atoms with E-state index < -0.39 is 24.3 Å². The van der Waals surface area contributed by atoms with Crippen LogP contribution in [0, 0.1) is 0 Å². The molecule has 9 heteroatoms. The van der Waals surface area contributed by atoms with Gasteiger partial charge in [0.25, 0.3) is 6.29 Å². The molecule has 0 aromatic heterocycles. The Kier molecular flexibility index (Phi) is 68.1. The van der Waals surface area contributed by atoms with Crippen LogP contribution in [0.4, 0.5) is 0 Å². The number of hydrogen-bond donors (Lipinski definition) is 1. The third kappa shape index (κ3) is 73.0. The van der Waals surface area contributed by atoms with Crippen LogP contribution in [-0.2, 0) is 33.3 Å². The van der Waals surface area contributed by atoms with Gasteiger partial charge in [-0.3, -0.25) is 9.59 Å². The van der Waals surface area contributed by atoms with E-state index in [9.17, 15) is 19.5 Å². The SMILES string of the molecule is CC/C=C\C/C=C\C/C=C\C/C=C\C/C=C\CCCCCCCCCCCCCCCCCCCCCCCCCC(=O)OC(COC(=O)CCCCCCCCCCCCC/C=C\C/C=C\C/C=C\C/C=C\C/C=C\CC)COC(OCC[N+](C)(C)C)C(=O)O. The molecular formula is C82H142NO8+. The van der Waals surface area contributed by atoms with E-state index >= 15 is 0 Å². The van der Waals surface area contributed by atoms with Crippen molar-refractivity contribution in [2.45, 2.75) is 334 Å². The lowest BCUT2D eigenvalue weighted by Gasteiger charge is -2.25. The molecule has 0 aliphatic heterocycles. The Bertz CT molecular complexity index is 1910. The van der Waals surface area contributed by atoms with E-state index in [1.807, 2.05) is 21.1 Å². The summed E-state index contributed by atoms with van der Waals surface area (Å²) in [5.41, 5.74) is 0. The number of carboxylic acids is 1. The van der Waals surface area contributed by atoms with Crippen molar-refractivity contribution in [3.8, 4) is 0 Å². The van der Waals surface area contributed by atoms with Crippen LogP contribution >= 0.6 is 0 Å². The molecule has 0 rings (SSSR count). The number of carbonyl (C=O) groups excluding carboxylic acids is 2. The molecule has 0 radical (unpaired) electrons. The van der Waals surface area contributed by atoms with Crippen LogP contribution < -0.4 is 0 Å². The van der Waals surface area contributed by atoms with Gasteiger partial charge in [-0.05, 0) is 103 Å². The molecule has 0 aliphatic carbocycles. The van der Waals surface area contributed by atoms with Crippen LogP contribution in [0.25, 0.3) is 0 Å². The fourth-order valence-electron chi connectivity index (χ4n) is 10.5. The van der Waals surface area contributed by atoms with Gasteiger partial charge in [0, 0.05) is 12.8 Å². The summed E-state index contributed by atoms with van der Waals surface area (Å²) in [7, 11) is 5.98. The first-order chi connectivity index (χ1) is 44.6. The third-order valence-corrected chi connectivity index (χ3v) is 16.2. The standard InChI is InChI=1S/C82H141NO8/c1-6-8-10-12-14-16-18-20-22-24-26-28-30-32-34-35-36-37-38-39-40-41-42-43-44-45-47-49-51-53-55-57-59-61-63-65-67-69-71-73-80(85)91-78(77-90-82(81(86)87)88-75-74-83(3,4)5)76-89-79(84)72-70-68-66-64-62-60-58-56-54-52-50-48-46-33-31-29-27-25-23-21-19-17-15-13-11-9-7-2/h8-11,14-17,20-23,26-29,32-34,46,78,82H,6-7,12-13,18-19,24-25,30-31,35-45,47-77H2,1-5H3/p+1/b10-8-,11-9-,16-14-,17-15-,22-20-,23-21-,28-26-,29-27-,34-32-,46-33-. The number of carboxylic acid groups (broad SMARTS) is 1. The number of esters is 2. The molecule has 0 aromatic rings. The highest BCUT2D eigenvalue weighted by atomic mass is 16.7. The second-order valence-corrected chi connectivity index (χ2v) is 26.2. The Morgan fingerprint density at radius 3 is 0.879 bits per heavy atom. The van der Waals surface area contributed by atoms with Crippen LogP contribution in [0.1, 0.15) is 322 Å². The first kappa shape index (κ1) is 86.7. The zero-order valence-electron chi connectivity index (χ0n) is 59.7. The average Bonchev–Trinajstić information content (AvgIpc) is 3.46. The van der Waals surface area contributed by atoms with E-state index in [0.717, 1.165) is 103 Å². The number of aliphatic carboxylic acids is 1. The fourth-order valence-corrected chi connectivity index (χ4v) is 10.5. The zero-order chi connectivity index (χ0) is 66.1. The quantitative estimate of drug-likeness (QED) is 0.0211. The number of rotatable bonds is 69. The smallest absolute Gasteiger partial charge is 0.361 e. The normalized spacial score (nSPS) is 13.4. The van der Waals surface area contributed by atoms with Gasteiger partial charge in [-0.25, -0.2) is 4.79 Å². The molecule has 2 unspecified atom stereocenters. The summed E-state index contributed by atoms with van der Waals surface area (Å²) >= 11 is 0. The lowest BCUT2D eigenvalue weighted by molar-refractivity contribution is -0.870. The number of likely N-dealkylation sites (N-methyl/N-ethyl adjacent to an activating group) is 1. The molecule has 0 aliphatic rings. The first-order valence-electron chi connectivity index (χ1n) is 37.7. The van der Waals surface area contributed by atoms with Crippen LogP contribution in [0.3, 0.4) is 0 Å². The van der Waals surface area contributed by atoms with Gasteiger partial charge in [0.05, 0.1) is 34.4 Å². The van der Waals surface area contributed by atoms with Crippen molar-refractivity contribution < 1.29 is 42.9 Å². The number of ether oxygens (including phenoxy) is 4. The van der Waals surface area contributed by atoms with Gasteiger partial charge >= 0.3 is 17.9 Å². The molecule has 0 bridgehead atoms. The van der Waals surface area contributed by atoms with Gasteiger partial charge in [0.2, 0.25) is 0 Å². The molecule has 9 nitrogen and oxygen atoms in total. The summed E-state index contributed by atoms with van der Waals surface area (Å²) in [6.45, 7) is 4.68. The van der Waals surface area contributed by atoms with Gasteiger partial charge in [-0.2, -0.15) is 0 Å². The minimum absolute atomic E-state index is 0.185. The van der Waals surface area contributed by atoms with E-state index in [4.69, 9.17) is 18.9 Å². The molecule has 0 saturated carbocycles. The van der Waals surface area contributed by atoms with Crippen molar-refractivity contribution in [2.75, 3.05) is 47.5 Å². The van der Waals surface area contributed by atoms with Crippen LogP contribution in [0.5, 0.6) is 0 Å². The Hall–Kier alpha value is -4.31. The minimum Gasteiger partial charge on any atom is -0.477 e. The van der Waals surface area contributed by atoms with Gasteiger partial charge in [0.1, 0.15) is 13.2 Å². The summed E-state index contributed by atoms with van der Waals surface area (Å²) in [4.78, 5) is 37.7. The van der Waals surface area contributed by atoms with Crippen molar-refractivity contribution in [2.24, 2.45) is 0 Å². The zero-order valence-corrected chi connectivity index (χ0v) is 59.7. The Balaban J connectivity index is 4.03. The number of nitrogens with zero attached hydrogens (tertiary/aromatic N) is 1. The molecule has 0 saturated heterocycles. The summed E-state index contributed by atoms with van der Waals surface area (Å²) in [6.07, 6.45) is 99.0. The highest BCUT2D eigenvalue weighted by Gasteiger charge is 2.25. The second-order valence-electron chi connectivity index (χ2n) is 26.2. The van der Waals surface area contributed by atoms with E-state index in [1.54, 1.807) is 0 Å². The molecule has 0 spiro atoms. The summed E-state index contributed by atoms with van der Waals surface area (Å²) in [5, 5.41) is 9.76. The minimum atomic E-state index is -1.52. The lowest BCUT2D eigenvalue weighted by atomic mass is 10.0. The van der Waals surface area contributed by atoms with Gasteiger partial charge in [-0.15, -0.1) is 0 Å². The van der Waals surface area contributed by atoms with Crippen molar-refractivity contribution in [3.63, 3.8) is 0 Å². The fraction of sp³-hybridized carbons (Fsp3) is 0.720. The predicted molar refractivity (Wildman–Crippen MR) is 391 cm³/mol. The van der Waals surface area contributed by atoms with Crippen molar-refractivity contribution in [3.05, 3.63) is 122 Å². The number of quaternary nitrogens is 1. The van der Waals surface area contributed by atoms with Crippen molar-refractivity contribution in [1.29, 1.82) is 0 Å².